The van der Waals surface area contributed by atoms with Gasteiger partial charge in [-0.15, -0.1) is 0 Å². The Morgan fingerprint density at radius 2 is 2.24 bits per heavy atom. The van der Waals surface area contributed by atoms with Crippen LogP contribution < -0.4 is 0 Å². The van der Waals surface area contributed by atoms with Crippen molar-refractivity contribution < 1.29 is 5.11 Å². The van der Waals surface area contributed by atoms with Crippen LogP contribution in [0.4, 0.5) is 0 Å². The van der Waals surface area contributed by atoms with Crippen LogP contribution in [0.1, 0.15) is 12.5 Å². The van der Waals surface area contributed by atoms with Gasteiger partial charge < -0.3 is 5.11 Å². The quantitative estimate of drug-likeness (QED) is 0.491. The molecule has 90 valence electrons. The molecule has 1 aliphatic heterocycles. The minimum absolute atomic E-state index is 0.546. The van der Waals surface area contributed by atoms with E-state index in [2.05, 4.69) is 27.1 Å². The first-order valence-electron chi connectivity index (χ1n) is 5.65. The monoisotopic (exact) mass is 232 g/mol. The summed E-state index contributed by atoms with van der Waals surface area (Å²) in [6, 6.07) is 10.1. The Labute approximate surface area is 100 Å². The number of hydrogen-bond donors (Lipinski definition) is 1. The minimum Gasteiger partial charge on any atom is -0.391 e. The summed E-state index contributed by atoms with van der Waals surface area (Å²) in [6.45, 7) is 3.70. The lowest BCUT2D eigenvalue weighted by atomic mass is 10.0. The molecule has 0 aliphatic carbocycles. The van der Waals surface area contributed by atoms with Crippen molar-refractivity contribution in [2.24, 2.45) is 5.11 Å². The molecule has 1 N–H and O–H groups in total. The van der Waals surface area contributed by atoms with E-state index in [9.17, 15) is 5.11 Å². The maximum atomic E-state index is 9.92. The molecule has 0 bridgehead atoms. The molecule has 0 spiro atoms. The Bertz CT molecular complexity index is 429. The predicted molar refractivity (Wildman–Crippen MR) is 65.3 cm³/mol. The lowest BCUT2D eigenvalue weighted by Gasteiger charge is -2.20. The number of aliphatic hydroxyl groups excluding tert-OH is 1. The molecule has 5 heteroatoms. The summed E-state index contributed by atoms with van der Waals surface area (Å²) in [5, 5.41) is 13.6. The van der Waals surface area contributed by atoms with E-state index in [-0.39, 0.29) is 0 Å². The van der Waals surface area contributed by atoms with Crippen LogP contribution in [0.3, 0.4) is 0 Å². The van der Waals surface area contributed by atoms with Crippen LogP contribution in [-0.4, -0.2) is 34.7 Å². The van der Waals surface area contributed by atoms with Gasteiger partial charge in [0.2, 0.25) is 0 Å². The van der Waals surface area contributed by atoms with Gasteiger partial charge in [0.15, 0.2) is 0 Å². The number of β-amino-alcohol motifs (C(OH)–C–C–N with tert-alkyl or cyclic N) is 1. The summed E-state index contributed by atoms with van der Waals surface area (Å²) in [7, 11) is 0. The maximum absolute atomic E-state index is 9.92. The Hall–Kier alpha value is -1.55. The van der Waals surface area contributed by atoms with Crippen LogP contribution in [0.25, 0.3) is 10.4 Å². The predicted octanol–water partition coefficient (Wildman–Crippen LogP) is 1.93. The van der Waals surface area contributed by atoms with Crippen molar-refractivity contribution in [1.82, 2.24) is 4.90 Å². The third kappa shape index (κ3) is 2.58. The van der Waals surface area contributed by atoms with E-state index in [0.29, 0.717) is 13.1 Å². The molecule has 1 aromatic carbocycles. The smallest absolute Gasteiger partial charge is 0.0857 e. The maximum Gasteiger partial charge on any atom is 0.0857 e. The number of hydrogen-bond acceptors (Lipinski definition) is 3. The highest BCUT2D eigenvalue weighted by atomic mass is 16.3. The molecule has 0 aromatic heterocycles. The second-order valence-electron chi connectivity index (χ2n) is 4.72. The van der Waals surface area contributed by atoms with E-state index in [4.69, 9.17) is 5.53 Å². The standard InChI is InChI=1S/C12H16N4O/c1-12(14-15-13)9-16(8-11(12)17)7-10-5-3-2-4-6-10/h2-6,11,17H,7-9H2,1H3. The number of aliphatic hydroxyl groups is 1. The highest BCUT2D eigenvalue weighted by molar-refractivity contribution is 5.15. The van der Waals surface area contributed by atoms with Crippen LogP contribution in [-0.2, 0) is 6.54 Å². The molecule has 5 nitrogen and oxygen atoms in total. The van der Waals surface area contributed by atoms with Gasteiger partial charge in [-0.25, -0.2) is 0 Å². The van der Waals surface area contributed by atoms with Gasteiger partial charge in [-0.1, -0.05) is 42.4 Å². The Morgan fingerprint density at radius 1 is 1.53 bits per heavy atom. The van der Waals surface area contributed by atoms with E-state index >= 15 is 0 Å². The molecule has 1 heterocycles. The molecule has 1 aromatic rings. The van der Waals surface area contributed by atoms with Crippen molar-refractivity contribution in [3.8, 4) is 0 Å². The Morgan fingerprint density at radius 3 is 2.88 bits per heavy atom. The highest BCUT2D eigenvalue weighted by Crippen LogP contribution is 2.26. The lowest BCUT2D eigenvalue weighted by molar-refractivity contribution is 0.131. The number of rotatable bonds is 3. The van der Waals surface area contributed by atoms with Gasteiger partial charge in [0.1, 0.15) is 0 Å². The number of benzene rings is 1. The van der Waals surface area contributed by atoms with E-state index in [1.807, 2.05) is 18.2 Å². The van der Waals surface area contributed by atoms with Crippen molar-refractivity contribution >= 4 is 0 Å². The summed E-state index contributed by atoms with van der Waals surface area (Å²) in [5.74, 6) is 0. The molecule has 0 saturated carbocycles. The van der Waals surface area contributed by atoms with Gasteiger partial charge in [0.25, 0.3) is 0 Å². The molecule has 2 rings (SSSR count). The van der Waals surface area contributed by atoms with Gasteiger partial charge >= 0.3 is 0 Å². The molecular weight excluding hydrogens is 216 g/mol. The topological polar surface area (TPSA) is 72.2 Å². The first-order valence-corrected chi connectivity index (χ1v) is 5.65. The fraction of sp³-hybridized carbons (Fsp3) is 0.500. The van der Waals surface area contributed by atoms with Crippen LogP contribution in [0, 0.1) is 0 Å². The average molecular weight is 232 g/mol. The van der Waals surface area contributed by atoms with Crippen LogP contribution in [0.15, 0.2) is 35.4 Å². The van der Waals surface area contributed by atoms with Crippen LogP contribution in [0.2, 0.25) is 0 Å². The SMILES string of the molecule is CC1(N=[N+]=[N-])CN(Cc2ccccc2)CC1O. The van der Waals surface area contributed by atoms with Gasteiger partial charge in [-0.3, -0.25) is 4.90 Å². The van der Waals surface area contributed by atoms with Gasteiger partial charge in [0, 0.05) is 24.5 Å². The normalized spacial score (nSPS) is 28.9. The highest BCUT2D eigenvalue weighted by Gasteiger charge is 2.41. The second-order valence-corrected chi connectivity index (χ2v) is 4.72. The largest absolute Gasteiger partial charge is 0.391 e. The van der Waals surface area contributed by atoms with Gasteiger partial charge in [0.05, 0.1) is 11.6 Å². The fourth-order valence-electron chi connectivity index (χ4n) is 2.23. The number of likely N-dealkylation sites (tertiary alicyclic amines) is 1. The third-order valence-electron chi connectivity index (χ3n) is 3.21. The third-order valence-corrected chi connectivity index (χ3v) is 3.21. The lowest BCUT2D eigenvalue weighted by Crippen LogP contribution is -2.35. The van der Waals surface area contributed by atoms with Crippen molar-refractivity contribution in [1.29, 1.82) is 0 Å². The summed E-state index contributed by atoms with van der Waals surface area (Å²) >= 11 is 0. The second kappa shape index (κ2) is 4.75. The first kappa shape index (κ1) is 11.9. The van der Waals surface area contributed by atoms with Gasteiger partial charge in [-0.2, -0.15) is 0 Å². The summed E-state index contributed by atoms with van der Waals surface area (Å²) in [6.07, 6.45) is -0.595. The number of nitrogens with zero attached hydrogens (tertiary/aromatic N) is 4. The molecule has 1 aliphatic rings. The summed E-state index contributed by atoms with van der Waals surface area (Å²) < 4.78 is 0. The minimum atomic E-state index is -0.705. The molecule has 0 radical (unpaired) electrons. The molecule has 17 heavy (non-hydrogen) atoms. The molecule has 1 saturated heterocycles. The summed E-state index contributed by atoms with van der Waals surface area (Å²) in [5.41, 5.74) is 9.01. The molecule has 1 fully saturated rings. The van der Waals surface area contributed by atoms with E-state index < -0.39 is 11.6 Å². The average Bonchev–Trinajstić information content (AvgIpc) is 2.56. The number of azide groups is 1. The summed E-state index contributed by atoms with van der Waals surface area (Å²) in [4.78, 5) is 4.93. The van der Waals surface area contributed by atoms with Gasteiger partial charge in [-0.05, 0) is 11.1 Å². The molecule has 2 atom stereocenters. The zero-order valence-corrected chi connectivity index (χ0v) is 9.82. The van der Waals surface area contributed by atoms with Crippen LogP contribution in [0.5, 0.6) is 0 Å². The van der Waals surface area contributed by atoms with Crippen molar-refractivity contribution in [2.75, 3.05) is 13.1 Å². The zero-order chi connectivity index (χ0) is 12.3. The fourth-order valence-corrected chi connectivity index (χ4v) is 2.23. The molecule has 2 unspecified atom stereocenters. The van der Waals surface area contributed by atoms with Crippen molar-refractivity contribution in [3.63, 3.8) is 0 Å². The van der Waals surface area contributed by atoms with E-state index in [1.165, 1.54) is 5.56 Å². The Balaban J connectivity index is 2.05. The van der Waals surface area contributed by atoms with E-state index in [1.54, 1.807) is 6.92 Å². The van der Waals surface area contributed by atoms with E-state index in [0.717, 1.165) is 6.54 Å². The van der Waals surface area contributed by atoms with Crippen LogP contribution >= 0.6 is 0 Å². The molecule has 0 amide bonds. The molecular formula is C12H16N4O. The Kier molecular flexibility index (Phi) is 3.33. The first-order chi connectivity index (χ1) is 8.14. The zero-order valence-electron chi connectivity index (χ0n) is 9.82. The van der Waals surface area contributed by atoms with Crippen molar-refractivity contribution in [2.45, 2.75) is 25.1 Å². The van der Waals surface area contributed by atoms with Crippen molar-refractivity contribution in [3.05, 3.63) is 46.3 Å².